The third kappa shape index (κ3) is 2.00. The van der Waals surface area contributed by atoms with E-state index in [-0.39, 0.29) is 5.54 Å². The molecule has 1 saturated carbocycles. The van der Waals surface area contributed by atoms with E-state index in [1.54, 1.807) is 4.31 Å². The Morgan fingerprint density at radius 2 is 2.00 bits per heavy atom. The van der Waals surface area contributed by atoms with Crippen LogP contribution in [-0.2, 0) is 10.0 Å². The molecule has 2 aliphatic rings. The number of hydrogen-bond acceptors (Lipinski definition) is 3. The Balaban J connectivity index is 2.22. The summed E-state index contributed by atoms with van der Waals surface area (Å²) in [5.74, 6) is 1.02. The van der Waals surface area contributed by atoms with Crippen molar-refractivity contribution < 1.29 is 8.42 Å². The van der Waals surface area contributed by atoms with Crippen molar-refractivity contribution in [3.05, 3.63) is 0 Å². The number of rotatable bonds is 2. The van der Waals surface area contributed by atoms with Crippen molar-refractivity contribution in [2.45, 2.75) is 44.6 Å². The normalized spacial score (nSPS) is 40.0. The number of sulfonamides is 1. The molecule has 1 aliphatic heterocycles. The van der Waals surface area contributed by atoms with E-state index < -0.39 is 10.0 Å². The highest BCUT2D eigenvalue weighted by atomic mass is 32.2. The van der Waals surface area contributed by atoms with Gasteiger partial charge in [-0.15, -0.1) is 0 Å². The first-order valence-electron chi connectivity index (χ1n) is 6.21. The maximum Gasteiger partial charge on any atom is 0.214 e. The molecule has 0 amide bonds. The van der Waals surface area contributed by atoms with Gasteiger partial charge in [-0.25, -0.2) is 8.42 Å². The zero-order chi connectivity index (χ0) is 11.8. The zero-order valence-electron chi connectivity index (χ0n) is 9.98. The molecule has 1 aliphatic carbocycles. The summed E-state index contributed by atoms with van der Waals surface area (Å²) in [6, 6.07) is 0. The minimum absolute atomic E-state index is 0.262. The SMILES string of the molecule is CC1CCC(CN)(N2CCCS2(=O)=O)CC1. The molecule has 0 unspecified atom stereocenters. The van der Waals surface area contributed by atoms with Gasteiger partial charge in [0.05, 0.1) is 5.75 Å². The van der Waals surface area contributed by atoms with Crippen LogP contribution in [0.15, 0.2) is 0 Å². The number of nitrogens with two attached hydrogens (primary N) is 1. The van der Waals surface area contributed by atoms with Crippen LogP contribution in [0.4, 0.5) is 0 Å². The van der Waals surface area contributed by atoms with Gasteiger partial charge in [-0.05, 0) is 38.0 Å². The fourth-order valence-electron chi connectivity index (χ4n) is 3.03. The van der Waals surface area contributed by atoms with Gasteiger partial charge in [0.25, 0.3) is 0 Å². The summed E-state index contributed by atoms with van der Waals surface area (Å²) in [4.78, 5) is 0. The second-order valence-corrected chi connectivity index (χ2v) is 7.37. The first-order valence-corrected chi connectivity index (χ1v) is 7.82. The lowest BCUT2D eigenvalue weighted by atomic mass is 9.77. The molecular formula is C11H22N2O2S. The predicted octanol–water partition coefficient (Wildman–Crippen LogP) is 0.929. The van der Waals surface area contributed by atoms with Gasteiger partial charge < -0.3 is 5.73 Å². The molecule has 94 valence electrons. The van der Waals surface area contributed by atoms with Crippen molar-refractivity contribution in [2.75, 3.05) is 18.8 Å². The van der Waals surface area contributed by atoms with Crippen molar-refractivity contribution in [1.82, 2.24) is 4.31 Å². The third-order valence-corrected chi connectivity index (χ3v) is 6.26. The van der Waals surface area contributed by atoms with E-state index in [0.29, 0.717) is 24.8 Å². The number of hydrogen-bond donors (Lipinski definition) is 1. The second-order valence-electron chi connectivity index (χ2n) is 5.35. The molecule has 0 spiro atoms. The van der Waals surface area contributed by atoms with Crippen LogP contribution in [0.1, 0.15) is 39.0 Å². The Bertz CT molecular complexity index is 345. The molecule has 0 aromatic heterocycles. The van der Waals surface area contributed by atoms with E-state index in [2.05, 4.69) is 6.92 Å². The Labute approximate surface area is 98.2 Å². The largest absolute Gasteiger partial charge is 0.329 e. The first kappa shape index (κ1) is 12.3. The Kier molecular flexibility index (Phi) is 3.29. The monoisotopic (exact) mass is 246 g/mol. The van der Waals surface area contributed by atoms with Crippen LogP contribution in [0.25, 0.3) is 0 Å². The Hall–Kier alpha value is -0.130. The molecule has 0 atom stereocenters. The molecule has 0 bridgehead atoms. The molecule has 4 nitrogen and oxygen atoms in total. The molecule has 2 N–H and O–H groups in total. The van der Waals surface area contributed by atoms with Gasteiger partial charge in [-0.2, -0.15) is 4.31 Å². The molecule has 2 fully saturated rings. The van der Waals surface area contributed by atoms with Gasteiger partial charge in [-0.3, -0.25) is 0 Å². The lowest BCUT2D eigenvalue weighted by molar-refractivity contribution is 0.123. The highest BCUT2D eigenvalue weighted by Gasteiger charge is 2.46. The van der Waals surface area contributed by atoms with Crippen LogP contribution in [0.3, 0.4) is 0 Å². The van der Waals surface area contributed by atoms with Crippen LogP contribution in [-0.4, -0.2) is 37.1 Å². The van der Waals surface area contributed by atoms with Gasteiger partial charge in [-0.1, -0.05) is 6.92 Å². The summed E-state index contributed by atoms with van der Waals surface area (Å²) in [5.41, 5.74) is 5.62. The van der Waals surface area contributed by atoms with E-state index in [1.807, 2.05) is 0 Å². The summed E-state index contributed by atoms with van der Waals surface area (Å²) < 4.78 is 25.7. The molecule has 2 rings (SSSR count). The van der Waals surface area contributed by atoms with Gasteiger partial charge in [0.15, 0.2) is 0 Å². The highest BCUT2D eigenvalue weighted by Crippen LogP contribution is 2.39. The average molecular weight is 246 g/mol. The molecule has 1 heterocycles. The minimum atomic E-state index is -3.02. The predicted molar refractivity (Wildman–Crippen MR) is 64.5 cm³/mol. The van der Waals surface area contributed by atoms with Crippen molar-refractivity contribution >= 4 is 10.0 Å². The van der Waals surface area contributed by atoms with E-state index in [0.717, 1.165) is 32.1 Å². The van der Waals surface area contributed by atoms with Crippen LogP contribution in [0, 0.1) is 5.92 Å². The Morgan fingerprint density at radius 3 is 2.44 bits per heavy atom. The molecule has 0 aromatic carbocycles. The first-order chi connectivity index (χ1) is 7.50. The Morgan fingerprint density at radius 1 is 1.38 bits per heavy atom. The maximum atomic E-state index is 12.0. The average Bonchev–Trinajstić information content (AvgIpc) is 2.61. The molecule has 0 aromatic rings. The summed E-state index contributed by atoms with van der Waals surface area (Å²) in [6.45, 7) is 3.38. The highest BCUT2D eigenvalue weighted by molar-refractivity contribution is 7.89. The van der Waals surface area contributed by atoms with E-state index >= 15 is 0 Å². The van der Waals surface area contributed by atoms with Crippen molar-refractivity contribution in [3.63, 3.8) is 0 Å². The fraction of sp³-hybridized carbons (Fsp3) is 1.00. The lowest BCUT2D eigenvalue weighted by Crippen LogP contribution is -2.56. The summed E-state index contributed by atoms with van der Waals surface area (Å²) in [6.07, 6.45) is 4.83. The van der Waals surface area contributed by atoms with E-state index in [4.69, 9.17) is 5.73 Å². The smallest absolute Gasteiger partial charge is 0.214 e. The quantitative estimate of drug-likeness (QED) is 0.788. The maximum absolute atomic E-state index is 12.0. The third-order valence-electron chi connectivity index (χ3n) is 4.21. The topological polar surface area (TPSA) is 63.4 Å². The van der Waals surface area contributed by atoms with E-state index in [1.165, 1.54) is 0 Å². The lowest BCUT2D eigenvalue weighted by Gasteiger charge is -2.44. The molecule has 1 saturated heterocycles. The van der Waals surface area contributed by atoms with Gasteiger partial charge in [0, 0.05) is 18.6 Å². The molecule has 16 heavy (non-hydrogen) atoms. The summed E-state index contributed by atoms with van der Waals surface area (Å²) in [5, 5.41) is 0. The standard InChI is InChI=1S/C11H22N2O2S/c1-10-3-5-11(9-12,6-4-10)13-7-2-8-16(13,14)15/h10H,2-9,12H2,1H3. The molecule has 0 radical (unpaired) electrons. The van der Waals surface area contributed by atoms with Crippen molar-refractivity contribution in [3.8, 4) is 0 Å². The summed E-state index contributed by atoms with van der Waals surface area (Å²) in [7, 11) is -3.02. The van der Waals surface area contributed by atoms with Crippen LogP contribution < -0.4 is 5.73 Å². The second kappa shape index (κ2) is 4.27. The molecular weight excluding hydrogens is 224 g/mol. The van der Waals surface area contributed by atoms with Crippen molar-refractivity contribution in [1.29, 1.82) is 0 Å². The van der Waals surface area contributed by atoms with Gasteiger partial charge in [0.1, 0.15) is 0 Å². The van der Waals surface area contributed by atoms with Crippen LogP contribution >= 0.6 is 0 Å². The fourth-order valence-corrected chi connectivity index (χ4v) is 5.00. The van der Waals surface area contributed by atoms with E-state index in [9.17, 15) is 8.42 Å². The van der Waals surface area contributed by atoms with Crippen LogP contribution in [0.2, 0.25) is 0 Å². The van der Waals surface area contributed by atoms with Crippen molar-refractivity contribution in [2.24, 2.45) is 11.7 Å². The summed E-state index contributed by atoms with van der Waals surface area (Å²) >= 11 is 0. The molecule has 5 heteroatoms. The van der Waals surface area contributed by atoms with Gasteiger partial charge in [0.2, 0.25) is 10.0 Å². The number of nitrogens with zero attached hydrogens (tertiary/aromatic N) is 1. The minimum Gasteiger partial charge on any atom is -0.329 e. The zero-order valence-corrected chi connectivity index (χ0v) is 10.8. The van der Waals surface area contributed by atoms with Crippen LogP contribution in [0.5, 0.6) is 0 Å². The van der Waals surface area contributed by atoms with Gasteiger partial charge >= 0.3 is 0 Å².